The number of pyridine rings is 1. The summed E-state index contributed by atoms with van der Waals surface area (Å²) in [6.07, 6.45) is 1.95. The molecule has 0 aliphatic heterocycles. The summed E-state index contributed by atoms with van der Waals surface area (Å²) >= 11 is 0. The van der Waals surface area contributed by atoms with E-state index in [2.05, 4.69) is 15.0 Å². The lowest BCUT2D eigenvalue weighted by Crippen LogP contribution is -2.13. The first-order chi connectivity index (χ1) is 9.19. The monoisotopic (exact) mass is 256 g/mol. The van der Waals surface area contributed by atoms with Crippen LogP contribution in [0.4, 0.5) is 0 Å². The fraction of sp³-hybridized carbons (Fsp3) is 0.231. The fourth-order valence-corrected chi connectivity index (χ4v) is 1.95. The molecule has 2 aromatic rings. The molecule has 1 aromatic carbocycles. The van der Waals surface area contributed by atoms with Gasteiger partial charge in [-0.2, -0.15) is 0 Å². The van der Waals surface area contributed by atoms with Gasteiger partial charge in [0.25, 0.3) is 0 Å². The number of rotatable bonds is 5. The van der Waals surface area contributed by atoms with Crippen molar-refractivity contribution in [3.05, 3.63) is 52.5 Å². The van der Waals surface area contributed by atoms with Crippen molar-refractivity contribution in [2.45, 2.75) is 18.9 Å². The highest BCUT2D eigenvalue weighted by Crippen LogP contribution is 2.16. The first-order valence-corrected chi connectivity index (χ1v) is 5.78. The second kappa shape index (κ2) is 5.84. The Hall–Kier alpha value is -2.59. The number of aliphatic carboxylic acids is 1. The van der Waals surface area contributed by atoms with Crippen LogP contribution in [0.25, 0.3) is 21.3 Å². The van der Waals surface area contributed by atoms with Gasteiger partial charge in [-0.15, -0.1) is 0 Å². The van der Waals surface area contributed by atoms with Crippen LogP contribution < -0.4 is 0 Å². The second-order valence-corrected chi connectivity index (χ2v) is 4.19. The summed E-state index contributed by atoms with van der Waals surface area (Å²) in [4.78, 5) is 17.6. The molecule has 1 heterocycles. The SMILES string of the molecule is [N-]=[N+]=NC(CC(=O)O)Cc1ccc2ncccc2c1. The van der Waals surface area contributed by atoms with E-state index in [-0.39, 0.29) is 6.42 Å². The van der Waals surface area contributed by atoms with Crippen LogP contribution >= 0.6 is 0 Å². The Labute approximate surface area is 109 Å². The number of hydrogen-bond acceptors (Lipinski definition) is 3. The van der Waals surface area contributed by atoms with Gasteiger partial charge in [0, 0.05) is 16.5 Å². The molecule has 6 heteroatoms. The molecule has 19 heavy (non-hydrogen) atoms. The molecule has 96 valence electrons. The van der Waals surface area contributed by atoms with Gasteiger partial charge in [-0.25, -0.2) is 0 Å². The van der Waals surface area contributed by atoms with Gasteiger partial charge >= 0.3 is 5.97 Å². The zero-order chi connectivity index (χ0) is 13.7. The number of aromatic nitrogens is 1. The predicted molar refractivity (Wildman–Crippen MR) is 70.6 cm³/mol. The van der Waals surface area contributed by atoms with E-state index < -0.39 is 12.0 Å². The molecule has 1 aromatic heterocycles. The number of nitrogens with zero attached hydrogens (tertiary/aromatic N) is 4. The van der Waals surface area contributed by atoms with Gasteiger partial charge in [0.15, 0.2) is 0 Å². The lowest BCUT2D eigenvalue weighted by molar-refractivity contribution is -0.137. The van der Waals surface area contributed by atoms with Crippen molar-refractivity contribution < 1.29 is 9.90 Å². The third kappa shape index (κ3) is 3.43. The van der Waals surface area contributed by atoms with Crippen molar-refractivity contribution in [2.75, 3.05) is 0 Å². The lowest BCUT2D eigenvalue weighted by atomic mass is 10.0. The molecule has 1 atom stereocenters. The van der Waals surface area contributed by atoms with E-state index in [1.54, 1.807) is 6.20 Å². The summed E-state index contributed by atoms with van der Waals surface area (Å²) in [5, 5.41) is 13.3. The van der Waals surface area contributed by atoms with Gasteiger partial charge in [0.05, 0.1) is 18.0 Å². The summed E-state index contributed by atoms with van der Waals surface area (Å²) in [5.74, 6) is -0.972. The third-order valence-corrected chi connectivity index (χ3v) is 2.76. The van der Waals surface area contributed by atoms with Crippen LogP contribution in [0.1, 0.15) is 12.0 Å². The molecule has 1 N–H and O–H groups in total. The Morgan fingerprint density at radius 1 is 1.47 bits per heavy atom. The zero-order valence-electron chi connectivity index (χ0n) is 10.1. The van der Waals surface area contributed by atoms with Crippen LogP contribution in [-0.4, -0.2) is 22.1 Å². The van der Waals surface area contributed by atoms with Crippen LogP contribution in [0.5, 0.6) is 0 Å². The van der Waals surface area contributed by atoms with Crippen LogP contribution in [0.15, 0.2) is 41.6 Å². The molecular formula is C13H12N4O2. The molecule has 0 aliphatic carbocycles. The molecule has 6 nitrogen and oxygen atoms in total. The maximum absolute atomic E-state index is 10.7. The Kier molecular flexibility index (Phi) is 3.95. The molecule has 0 bridgehead atoms. The number of fused-ring (bicyclic) bond motifs is 1. The van der Waals surface area contributed by atoms with Gasteiger partial charge in [-0.3, -0.25) is 9.78 Å². The summed E-state index contributed by atoms with van der Waals surface area (Å²) in [6, 6.07) is 8.89. The fourth-order valence-electron chi connectivity index (χ4n) is 1.95. The Morgan fingerprint density at radius 3 is 3.05 bits per heavy atom. The number of azide groups is 1. The number of benzene rings is 1. The Bertz CT molecular complexity index is 650. The minimum atomic E-state index is -0.972. The van der Waals surface area contributed by atoms with E-state index in [9.17, 15) is 4.79 Å². The summed E-state index contributed by atoms with van der Waals surface area (Å²) < 4.78 is 0. The molecule has 0 saturated carbocycles. The molecule has 0 saturated heterocycles. The summed E-state index contributed by atoms with van der Waals surface area (Å²) in [7, 11) is 0. The number of hydrogen-bond donors (Lipinski definition) is 1. The van der Waals surface area contributed by atoms with E-state index in [4.69, 9.17) is 10.6 Å². The average molecular weight is 256 g/mol. The van der Waals surface area contributed by atoms with Crippen molar-refractivity contribution in [1.82, 2.24) is 4.98 Å². The minimum Gasteiger partial charge on any atom is -0.481 e. The highest BCUT2D eigenvalue weighted by Gasteiger charge is 2.12. The number of carbonyl (C=O) groups is 1. The van der Waals surface area contributed by atoms with Crippen molar-refractivity contribution in [3.8, 4) is 0 Å². The van der Waals surface area contributed by atoms with Gasteiger partial charge in [0.2, 0.25) is 0 Å². The molecule has 1 unspecified atom stereocenters. The van der Waals surface area contributed by atoms with Crippen molar-refractivity contribution in [3.63, 3.8) is 0 Å². The minimum absolute atomic E-state index is 0.171. The van der Waals surface area contributed by atoms with E-state index >= 15 is 0 Å². The normalized spacial score (nSPS) is 11.8. The maximum atomic E-state index is 10.7. The number of carboxylic acids is 1. The van der Waals surface area contributed by atoms with Crippen LogP contribution in [0, 0.1) is 0 Å². The van der Waals surface area contributed by atoms with Crippen LogP contribution in [0.3, 0.4) is 0 Å². The standard InChI is InChI=1S/C13H12N4O2/c14-17-16-11(8-13(18)19)7-9-3-4-12-10(6-9)2-1-5-15-12/h1-6,11H,7-8H2,(H,18,19). The Balaban J connectivity index is 2.23. The summed E-state index contributed by atoms with van der Waals surface area (Å²) in [5.41, 5.74) is 10.3. The smallest absolute Gasteiger partial charge is 0.303 e. The van der Waals surface area contributed by atoms with Crippen molar-refractivity contribution in [1.29, 1.82) is 0 Å². The van der Waals surface area contributed by atoms with E-state index in [1.165, 1.54) is 0 Å². The van der Waals surface area contributed by atoms with Crippen molar-refractivity contribution in [2.24, 2.45) is 5.11 Å². The number of carboxylic acid groups (broad SMARTS) is 1. The third-order valence-electron chi connectivity index (χ3n) is 2.76. The molecular weight excluding hydrogens is 244 g/mol. The topological polar surface area (TPSA) is 99.0 Å². The first kappa shape index (κ1) is 12.9. The van der Waals surface area contributed by atoms with Crippen LogP contribution in [-0.2, 0) is 11.2 Å². The van der Waals surface area contributed by atoms with Crippen LogP contribution in [0.2, 0.25) is 0 Å². The predicted octanol–water partition coefficient (Wildman–Crippen LogP) is 2.93. The molecule has 0 radical (unpaired) electrons. The van der Waals surface area contributed by atoms with Gasteiger partial charge in [0.1, 0.15) is 0 Å². The molecule has 0 amide bonds. The van der Waals surface area contributed by atoms with E-state index in [0.29, 0.717) is 6.42 Å². The van der Waals surface area contributed by atoms with Gasteiger partial charge in [-0.1, -0.05) is 17.2 Å². The average Bonchev–Trinajstić information content (AvgIpc) is 2.38. The lowest BCUT2D eigenvalue weighted by Gasteiger charge is -2.09. The Morgan fingerprint density at radius 2 is 2.32 bits per heavy atom. The van der Waals surface area contributed by atoms with Crippen molar-refractivity contribution >= 4 is 16.9 Å². The maximum Gasteiger partial charge on any atom is 0.303 e. The highest BCUT2D eigenvalue weighted by molar-refractivity contribution is 5.79. The van der Waals surface area contributed by atoms with E-state index in [0.717, 1.165) is 16.5 Å². The second-order valence-electron chi connectivity index (χ2n) is 4.19. The van der Waals surface area contributed by atoms with Gasteiger partial charge in [-0.05, 0) is 35.7 Å². The first-order valence-electron chi connectivity index (χ1n) is 5.78. The molecule has 0 spiro atoms. The summed E-state index contributed by atoms with van der Waals surface area (Å²) in [6.45, 7) is 0. The largest absolute Gasteiger partial charge is 0.481 e. The molecule has 0 aliphatic rings. The zero-order valence-corrected chi connectivity index (χ0v) is 10.1. The van der Waals surface area contributed by atoms with E-state index in [1.807, 2.05) is 30.3 Å². The highest BCUT2D eigenvalue weighted by atomic mass is 16.4. The molecule has 2 rings (SSSR count). The quantitative estimate of drug-likeness (QED) is 0.505. The molecule has 0 fully saturated rings. The van der Waals surface area contributed by atoms with Gasteiger partial charge < -0.3 is 5.11 Å².